The Kier molecular flexibility index (Phi) is 4.88. The minimum Gasteiger partial charge on any atom is -0.408 e. The molecular weight excluding hydrogens is 376 g/mol. The number of fused-ring (bicyclic) bond motifs is 5. The lowest BCUT2D eigenvalue weighted by Crippen LogP contribution is -2.74. The van der Waals surface area contributed by atoms with E-state index in [1.165, 1.54) is 38.5 Å². The number of nitrogens with zero attached hydrogens (tertiary/aromatic N) is 2. The van der Waals surface area contributed by atoms with Crippen LogP contribution >= 0.6 is 0 Å². The van der Waals surface area contributed by atoms with Crippen LogP contribution in [0.4, 0.5) is 0 Å². The quantitative estimate of drug-likeness (QED) is 0.680. The lowest BCUT2D eigenvalue weighted by Gasteiger charge is -2.65. The molecule has 4 fully saturated rings. The summed E-state index contributed by atoms with van der Waals surface area (Å²) in [6, 6.07) is 0.204. The average molecular weight is 417 g/mol. The number of hydrogen-bond donors (Lipinski definition) is 2. The SMILES string of the molecule is C[C@H]1CC[C@]2(N)C3CC[C@]4(C)C(C5C=C(CN=O)ON5C)CCC4[C@]3(N)CC[C@@H]2C1. The zero-order chi connectivity index (χ0) is 21.3. The second-order valence-electron chi connectivity index (χ2n) is 11.7. The fourth-order valence-corrected chi connectivity index (χ4v) is 9.03. The fraction of sp³-hybridized carbons (Fsp3) is 0.917. The lowest BCUT2D eigenvalue weighted by atomic mass is 9.43. The molecule has 4 aliphatic carbocycles. The third-order valence-corrected chi connectivity index (χ3v) is 10.4. The van der Waals surface area contributed by atoms with E-state index >= 15 is 0 Å². The molecule has 5 aliphatic rings. The minimum atomic E-state index is -0.136. The van der Waals surface area contributed by atoms with Gasteiger partial charge in [-0.3, -0.25) is 0 Å². The molecule has 0 bridgehead atoms. The van der Waals surface area contributed by atoms with Crippen LogP contribution < -0.4 is 11.5 Å². The largest absolute Gasteiger partial charge is 0.408 e. The number of likely N-dealkylation sites (N-methyl/N-ethyl adjacent to an activating group) is 1. The van der Waals surface area contributed by atoms with Gasteiger partial charge in [-0.15, -0.1) is 5.06 Å². The van der Waals surface area contributed by atoms with Crippen molar-refractivity contribution in [3.05, 3.63) is 16.7 Å². The summed E-state index contributed by atoms with van der Waals surface area (Å²) >= 11 is 0. The normalized spacial score (nSPS) is 53.3. The predicted molar refractivity (Wildman–Crippen MR) is 118 cm³/mol. The van der Waals surface area contributed by atoms with Crippen molar-refractivity contribution in [2.45, 2.75) is 88.8 Å². The molecule has 6 heteroatoms. The van der Waals surface area contributed by atoms with E-state index in [0.717, 1.165) is 25.2 Å². The number of nitrogens with two attached hydrogens (primary N) is 2. The third-order valence-electron chi connectivity index (χ3n) is 10.4. The van der Waals surface area contributed by atoms with Crippen LogP contribution in [0.15, 0.2) is 17.0 Å². The molecule has 168 valence electrons. The van der Waals surface area contributed by atoms with Crippen LogP contribution in [-0.4, -0.2) is 35.8 Å². The smallest absolute Gasteiger partial charge is 0.147 e. The van der Waals surface area contributed by atoms with E-state index in [4.69, 9.17) is 16.3 Å². The summed E-state index contributed by atoms with van der Waals surface area (Å²) in [6.07, 6.45) is 12.9. The van der Waals surface area contributed by atoms with Gasteiger partial charge >= 0.3 is 0 Å². The van der Waals surface area contributed by atoms with Gasteiger partial charge in [-0.2, -0.15) is 4.91 Å². The summed E-state index contributed by atoms with van der Waals surface area (Å²) in [7, 11) is 1.99. The summed E-state index contributed by atoms with van der Waals surface area (Å²) in [5, 5.41) is 4.97. The van der Waals surface area contributed by atoms with Crippen molar-refractivity contribution in [2.75, 3.05) is 13.6 Å². The molecule has 4 N–H and O–H groups in total. The molecule has 0 saturated heterocycles. The van der Waals surface area contributed by atoms with Gasteiger partial charge in [0.1, 0.15) is 12.3 Å². The summed E-state index contributed by atoms with van der Waals surface area (Å²) in [4.78, 5) is 16.6. The van der Waals surface area contributed by atoms with Gasteiger partial charge in [0, 0.05) is 18.1 Å². The zero-order valence-electron chi connectivity index (χ0n) is 19.0. The van der Waals surface area contributed by atoms with Crippen LogP contribution in [0.5, 0.6) is 0 Å². The maximum absolute atomic E-state index is 10.7. The molecule has 0 aromatic carbocycles. The molecular formula is C24H40N4O2. The van der Waals surface area contributed by atoms with Gasteiger partial charge < -0.3 is 16.3 Å². The van der Waals surface area contributed by atoms with Crippen LogP contribution in [0.1, 0.15) is 71.6 Å². The van der Waals surface area contributed by atoms with E-state index in [2.05, 4.69) is 25.1 Å². The monoisotopic (exact) mass is 416 g/mol. The summed E-state index contributed by atoms with van der Waals surface area (Å²) < 4.78 is 0. The number of hydrogen-bond acceptors (Lipinski definition) is 6. The first kappa shape index (κ1) is 20.9. The summed E-state index contributed by atoms with van der Waals surface area (Å²) in [6.45, 7) is 4.99. The van der Waals surface area contributed by atoms with Gasteiger partial charge in [0.05, 0.1) is 6.04 Å². The molecule has 0 spiro atoms. The highest BCUT2D eigenvalue weighted by atomic mass is 16.7. The Morgan fingerprint density at radius 1 is 1.10 bits per heavy atom. The first-order chi connectivity index (χ1) is 14.2. The van der Waals surface area contributed by atoms with E-state index in [0.29, 0.717) is 29.4 Å². The molecule has 30 heavy (non-hydrogen) atoms. The van der Waals surface area contributed by atoms with Crippen molar-refractivity contribution in [2.24, 2.45) is 51.6 Å². The standard InChI is InChI=1S/C24H40N4O2/c1-15-6-10-23(25)16(12-15)7-11-24(26)20-5-4-18(22(20,2)9-8-21(23)24)19-13-17(14-27-29)30-28(19)3/h13,15-16,18-21H,4-12,14,25-26H2,1-3H3/t15-,16+,18?,19?,20?,21?,22+,23+,24+/m0/s1. The molecule has 0 aromatic heterocycles. The van der Waals surface area contributed by atoms with Gasteiger partial charge in [-0.25, -0.2) is 0 Å². The van der Waals surface area contributed by atoms with Gasteiger partial charge in [0.25, 0.3) is 0 Å². The molecule has 0 aromatic rings. The Bertz CT molecular complexity index is 743. The Balaban J connectivity index is 1.43. The van der Waals surface area contributed by atoms with Crippen molar-refractivity contribution in [1.29, 1.82) is 0 Å². The van der Waals surface area contributed by atoms with Gasteiger partial charge in [0.2, 0.25) is 0 Å². The molecule has 1 heterocycles. The van der Waals surface area contributed by atoms with Crippen molar-refractivity contribution in [3.8, 4) is 0 Å². The summed E-state index contributed by atoms with van der Waals surface area (Å²) in [5.74, 6) is 3.62. The highest BCUT2D eigenvalue weighted by Crippen LogP contribution is 2.66. The lowest BCUT2D eigenvalue weighted by molar-refractivity contribution is -0.136. The highest BCUT2D eigenvalue weighted by Gasteiger charge is 2.66. The molecule has 6 nitrogen and oxygen atoms in total. The van der Waals surface area contributed by atoms with E-state index in [1.807, 2.05) is 12.1 Å². The Morgan fingerprint density at radius 3 is 2.63 bits per heavy atom. The summed E-state index contributed by atoms with van der Waals surface area (Å²) in [5.41, 5.74) is 14.7. The van der Waals surface area contributed by atoms with E-state index in [1.54, 1.807) is 0 Å². The minimum absolute atomic E-state index is 0.0606. The first-order valence-electron chi connectivity index (χ1n) is 12.2. The number of hydroxylamine groups is 2. The van der Waals surface area contributed by atoms with Crippen LogP contribution in [0, 0.1) is 39.9 Å². The van der Waals surface area contributed by atoms with Gasteiger partial charge in [-0.05, 0) is 98.9 Å². The van der Waals surface area contributed by atoms with E-state index in [9.17, 15) is 4.91 Å². The number of rotatable bonds is 3. The predicted octanol–water partition coefficient (Wildman–Crippen LogP) is 3.95. The topological polar surface area (TPSA) is 93.9 Å². The molecule has 9 atom stereocenters. The average Bonchev–Trinajstić information content (AvgIpc) is 3.22. The van der Waals surface area contributed by atoms with Crippen molar-refractivity contribution >= 4 is 0 Å². The van der Waals surface area contributed by atoms with Gasteiger partial charge in [-0.1, -0.05) is 19.0 Å². The van der Waals surface area contributed by atoms with E-state index in [-0.39, 0.29) is 29.1 Å². The van der Waals surface area contributed by atoms with Crippen molar-refractivity contribution < 1.29 is 4.84 Å². The second kappa shape index (κ2) is 7.01. The Morgan fingerprint density at radius 2 is 1.87 bits per heavy atom. The Hall–Kier alpha value is -0.980. The maximum atomic E-state index is 10.7. The molecule has 0 amide bonds. The second-order valence-corrected chi connectivity index (χ2v) is 11.7. The highest BCUT2D eigenvalue weighted by molar-refractivity contribution is 5.23. The molecule has 0 radical (unpaired) electrons. The van der Waals surface area contributed by atoms with Crippen LogP contribution in [0.2, 0.25) is 0 Å². The molecule has 1 aliphatic heterocycles. The Labute approximate surface area is 181 Å². The number of nitroso groups, excluding NO2 is 1. The van der Waals surface area contributed by atoms with Crippen molar-refractivity contribution in [1.82, 2.24) is 5.06 Å². The molecule has 4 unspecified atom stereocenters. The molecule has 5 rings (SSSR count). The van der Waals surface area contributed by atoms with Crippen molar-refractivity contribution in [3.63, 3.8) is 0 Å². The zero-order valence-corrected chi connectivity index (χ0v) is 19.0. The first-order valence-corrected chi connectivity index (χ1v) is 12.2. The van der Waals surface area contributed by atoms with Crippen LogP contribution in [0.3, 0.4) is 0 Å². The maximum Gasteiger partial charge on any atom is 0.147 e. The molecule has 4 saturated carbocycles. The third kappa shape index (κ3) is 2.79. The van der Waals surface area contributed by atoms with E-state index < -0.39 is 0 Å². The fourth-order valence-electron chi connectivity index (χ4n) is 9.03. The van der Waals surface area contributed by atoms with Gasteiger partial charge in [0.15, 0.2) is 0 Å². The van der Waals surface area contributed by atoms with Crippen LogP contribution in [0.25, 0.3) is 0 Å². The van der Waals surface area contributed by atoms with Crippen LogP contribution in [-0.2, 0) is 4.84 Å².